The summed E-state index contributed by atoms with van der Waals surface area (Å²) in [6.45, 7) is 3.18. The molecule has 0 amide bonds. The molecule has 2 aromatic heterocycles. The molecule has 1 aromatic carbocycles. The van der Waals surface area contributed by atoms with Crippen molar-refractivity contribution in [3.63, 3.8) is 0 Å². The minimum absolute atomic E-state index is 0.124. The highest BCUT2D eigenvalue weighted by Gasteiger charge is 2.37. The minimum Gasteiger partial charge on any atom is -0.330 e. The van der Waals surface area contributed by atoms with Crippen molar-refractivity contribution in [1.29, 1.82) is 0 Å². The van der Waals surface area contributed by atoms with Gasteiger partial charge in [0.15, 0.2) is 0 Å². The Morgan fingerprint density at radius 2 is 2.04 bits per heavy atom. The molecule has 0 saturated carbocycles. The molecule has 9 heteroatoms. The van der Waals surface area contributed by atoms with Gasteiger partial charge < -0.3 is 10.7 Å². The van der Waals surface area contributed by atoms with Crippen molar-refractivity contribution in [2.45, 2.75) is 26.1 Å². The quantitative estimate of drug-likeness (QED) is 0.597. The molecule has 0 atom stereocenters. The van der Waals surface area contributed by atoms with Crippen molar-refractivity contribution < 1.29 is 13.2 Å². The van der Waals surface area contributed by atoms with Gasteiger partial charge in [0.1, 0.15) is 11.2 Å². The van der Waals surface area contributed by atoms with Gasteiger partial charge in [0.05, 0.1) is 17.6 Å². The maximum absolute atomic E-state index is 13.2. The second kappa shape index (κ2) is 7.58. The zero-order valence-corrected chi connectivity index (χ0v) is 16.5. The minimum atomic E-state index is -4.36. The summed E-state index contributed by atoms with van der Waals surface area (Å²) in [5.74, 6) is 0. The van der Waals surface area contributed by atoms with Crippen molar-refractivity contribution in [2.24, 2.45) is 5.73 Å². The first-order valence-electron chi connectivity index (χ1n) is 8.05. The predicted molar refractivity (Wildman–Crippen MR) is 102 cm³/mol. The topological polar surface area (TPSA) is 47.1 Å². The van der Waals surface area contributed by atoms with E-state index >= 15 is 0 Å². The Morgan fingerprint density at radius 3 is 2.69 bits per heavy atom. The van der Waals surface area contributed by atoms with E-state index in [4.69, 9.17) is 5.73 Å². The molecular weight excluding hydrogens is 429 g/mol. The molecule has 2 heterocycles. The number of benzene rings is 1. The van der Waals surface area contributed by atoms with Crippen LogP contribution in [0.15, 0.2) is 35.1 Å². The van der Waals surface area contributed by atoms with Crippen molar-refractivity contribution >= 4 is 38.3 Å². The van der Waals surface area contributed by atoms with Gasteiger partial charge >= 0.3 is 6.18 Å². The number of thiophene rings is 1. The van der Waals surface area contributed by atoms with E-state index in [9.17, 15) is 13.2 Å². The van der Waals surface area contributed by atoms with Crippen LogP contribution in [-0.2, 0) is 12.7 Å². The summed E-state index contributed by atoms with van der Waals surface area (Å²) in [5.41, 5.74) is 8.01. The molecule has 0 fully saturated rings. The lowest BCUT2D eigenvalue weighted by molar-refractivity contribution is -0.134. The second-order valence-corrected chi connectivity index (χ2v) is 7.80. The molecule has 3 rings (SSSR count). The average Bonchev–Trinajstić information content (AvgIpc) is 3.14. The standard InChI is InChI=1S/C17H18BrF3N4S/c1-11-14(26-16(15(11)18)17(19,20)21)9-24(8-4-7-22)25-10-23-12-5-2-3-6-13(12)25/h2-3,5-6,10H,4,7-9,22H2,1H3. The molecule has 0 unspecified atom stereocenters. The van der Waals surface area contributed by atoms with Crippen molar-refractivity contribution in [2.75, 3.05) is 18.1 Å². The Labute approximate surface area is 161 Å². The number of hydrogen-bond donors (Lipinski definition) is 1. The van der Waals surface area contributed by atoms with Gasteiger partial charge in [-0.15, -0.1) is 11.3 Å². The molecule has 4 nitrogen and oxygen atoms in total. The van der Waals surface area contributed by atoms with Crippen LogP contribution in [0.3, 0.4) is 0 Å². The third kappa shape index (κ3) is 3.74. The van der Waals surface area contributed by atoms with Crippen molar-refractivity contribution in [1.82, 2.24) is 9.66 Å². The van der Waals surface area contributed by atoms with Crippen LogP contribution >= 0.6 is 27.3 Å². The number of halogens is 4. The summed E-state index contributed by atoms with van der Waals surface area (Å²) in [6, 6.07) is 7.66. The third-order valence-corrected chi connectivity index (χ3v) is 6.69. The molecule has 0 spiro atoms. The smallest absolute Gasteiger partial charge is 0.330 e. The number of rotatable bonds is 6. The fourth-order valence-corrected chi connectivity index (χ4v) is 4.66. The number of nitrogens with zero attached hydrogens (tertiary/aromatic N) is 3. The van der Waals surface area contributed by atoms with Crippen molar-refractivity contribution in [3.05, 3.63) is 50.4 Å². The number of imidazole rings is 1. The van der Waals surface area contributed by atoms with E-state index < -0.39 is 11.1 Å². The van der Waals surface area contributed by atoms with E-state index in [0.717, 1.165) is 28.8 Å². The summed E-state index contributed by atoms with van der Waals surface area (Å²) in [4.78, 5) is 4.45. The van der Waals surface area contributed by atoms with E-state index in [2.05, 4.69) is 20.9 Å². The van der Waals surface area contributed by atoms with Crippen LogP contribution in [0.2, 0.25) is 0 Å². The largest absolute Gasteiger partial charge is 0.426 e. The van der Waals surface area contributed by atoms with Crippen LogP contribution in [0.1, 0.15) is 21.7 Å². The fraction of sp³-hybridized carbons (Fsp3) is 0.353. The zero-order valence-electron chi connectivity index (χ0n) is 14.1. The molecule has 3 aromatic rings. The fourth-order valence-electron chi connectivity index (χ4n) is 2.74. The van der Waals surface area contributed by atoms with Crippen LogP contribution in [0, 0.1) is 6.92 Å². The first-order valence-corrected chi connectivity index (χ1v) is 9.66. The highest BCUT2D eigenvalue weighted by molar-refractivity contribution is 9.10. The molecule has 0 aliphatic carbocycles. The molecule has 2 N–H and O–H groups in total. The lowest BCUT2D eigenvalue weighted by Gasteiger charge is -2.26. The Kier molecular flexibility index (Phi) is 5.59. The number of hydrogen-bond acceptors (Lipinski definition) is 4. The van der Waals surface area contributed by atoms with Crippen LogP contribution in [0.25, 0.3) is 11.0 Å². The Balaban J connectivity index is 1.98. The highest BCUT2D eigenvalue weighted by atomic mass is 79.9. The van der Waals surface area contributed by atoms with Gasteiger partial charge in [0, 0.05) is 15.9 Å². The summed E-state index contributed by atoms with van der Waals surface area (Å²) < 4.78 is 41.6. The van der Waals surface area contributed by atoms with Gasteiger partial charge in [-0.25, -0.2) is 9.66 Å². The summed E-state index contributed by atoms with van der Waals surface area (Å²) in [5, 5.41) is 1.98. The van der Waals surface area contributed by atoms with Crippen LogP contribution in [0.4, 0.5) is 13.2 Å². The Bertz CT molecular complexity index is 903. The van der Waals surface area contributed by atoms with E-state index in [1.54, 1.807) is 13.3 Å². The Hall–Kier alpha value is -1.58. The summed E-state index contributed by atoms with van der Waals surface area (Å²) in [7, 11) is 0. The molecule has 0 aliphatic rings. The second-order valence-electron chi connectivity index (χ2n) is 5.90. The first-order chi connectivity index (χ1) is 12.3. The molecule has 0 aliphatic heterocycles. The van der Waals surface area contributed by atoms with Crippen LogP contribution < -0.4 is 10.7 Å². The SMILES string of the molecule is Cc1c(CN(CCCN)n2cnc3ccccc32)sc(C(F)(F)F)c1Br. The summed E-state index contributed by atoms with van der Waals surface area (Å²) >= 11 is 3.88. The number of nitrogens with two attached hydrogens (primary N) is 1. The third-order valence-electron chi connectivity index (χ3n) is 4.12. The monoisotopic (exact) mass is 446 g/mol. The number of para-hydroxylation sites is 2. The van der Waals surface area contributed by atoms with Gasteiger partial charge in [-0.3, -0.25) is 0 Å². The maximum Gasteiger partial charge on any atom is 0.426 e. The average molecular weight is 447 g/mol. The Morgan fingerprint density at radius 1 is 1.31 bits per heavy atom. The molecule has 140 valence electrons. The molecule has 26 heavy (non-hydrogen) atoms. The first kappa shape index (κ1) is 19.2. The lowest BCUT2D eigenvalue weighted by Crippen LogP contribution is -2.35. The van der Waals surface area contributed by atoms with E-state index in [1.807, 2.05) is 34.0 Å². The predicted octanol–water partition coefficient (Wildman–Crippen LogP) is 4.67. The van der Waals surface area contributed by atoms with E-state index in [-0.39, 0.29) is 4.47 Å². The molecule has 0 bridgehead atoms. The molecule has 0 radical (unpaired) electrons. The van der Waals surface area contributed by atoms with Gasteiger partial charge in [-0.1, -0.05) is 12.1 Å². The van der Waals surface area contributed by atoms with Crippen LogP contribution in [-0.4, -0.2) is 22.7 Å². The van der Waals surface area contributed by atoms with Gasteiger partial charge in [0.2, 0.25) is 0 Å². The normalized spacial score (nSPS) is 12.1. The molecular formula is C17H18BrF3N4S. The van der Waals surface area contributed by atoms with Crippen molar-refractivity contribution in [3.8, 4) is 0 Å². The van der Waals surface area contributed by atoms with E-state index in [1.165, 1.54) is 0 Å². The molecule has 0 saturated heterocycles. The highest BCUT2D eigenvalue weighted by Crippen LogP contribution is 2.43. The van der Waals surface area contributed by atoms with Gasteiger partial charge in [-0.2, -0.15) is 13.2 Å². The zero-order chi connectivity index (χ0) is 18.9. The lowest BCUT2D eigenvalue weighted by atomic mass is 10.2. The van der Waals surface area contributed by atoms with Gasteiger partial charge in [0.25, 0.3) is 0 Å². The number of fused-ring (bicyclic) bond motifs is 1. The van der Waals surface area contributed by atoms with E-state index in [0.29, 0.717) is 30.1 Å². The van der Waals surface area contributed by atoms with Gasteiger partial charge in [-0.05, 0) is 53.5 Å². The number of aromatic nitrogens is 2. The number of alkyl halides is 3. The van der Waals surface area contributed by atoms with Crippen LogP contribution in [0.5, 0.6) is 0 Å². The summed E-state index contributed by atoms with van der Waals surface area (Å²) in [6.07, 6.45) is -1.94. The maximum atomic E-state index is 13.2.